The summed E-state index contributed by atoms with van der Waals surface area (Å²) < 4.78 is 81.0. The molecule has 4 rings (SSSR count). The minimum absolute atomic E-state index is 0.106. The smallest absolute Gasteiger partial charge is 0.294 e. The van der Waals surface area contributed by atoms with Gasteiger partial charge in [0.05, 0.1) is 6.42 Å². The van der Waals surface area contributed by atoms with Gasteiger partial charge in [-0.05, 0) is 36.4 Å². The van der Waals surface area contributed by atoms with Crippen LogP contribution < -0.4 is 5.69 Å². The second kappa shape index (κ2) is 9.80. The molecule has 0 aliphatic heterocycles. The maximum absolute atomic E-state index is 13.4. The van der Waals surface area contributed by atoms with Crippen molar-refractivity contribution in [3.8, 4) is 17.2 Å². The minimum Gasteiger partial charge on any atom is -0.294 e. The molecule has 0 unspecified atom stereocenters. The first-order chi connectivity index (χ1) is 17.4. The lowest BCUT2D eigenvalue weighted by Crippen LogP contribution is -2.27. The zero-order chi connectivity index (χ0) is 27.0. The maximum Gasteiger partial charge on any atom is 0.420 e. The molecule has 0 radical (unpaired) electrons. The van der Waals surface area contributed by atoms with Gasteiger partial charge in [-0.3, -0.25) is 9.36 Å². The molecule has 0 aliphatic carbocycles. The van der Waals surface area contributed by atoms with Gasteiger partial charge >= 0.3 is 18.0 Å². The monoisotopic (exact) mass is 545 g/mol. The van der Waals surface area contributed by atoms with Crippen molar-refractivity contribution in [2.24, 2.45) is 0 Å². The molecule has 16 heteroatoms. The number of hydrogen-bond acceptors (Lipinski definition) is 6. The van der Waals surface area contributed by atoms with Crippen LogP contribution in [0.25, 0.3) is 17.2 Å². The summed E-state index contributed by atoms with van der Waals surface area (Å²) in [6, 6.07) is 7.61. The molecule has 0 saturated heterocycles. The van der Waals surface area contributed by atoms with E-state index in [1.165, 1.54) is 24.3 Å². The van der Waals surface area contributed by atoms with E-state index in [4.69, 9.17) is 11.6 Å². The van der Waals surface area contributed by atoms with Gasteiger partial charge in [-0.2, -0.15) is 31.0 Å². The summed E-state index contributed by atoms with van der Waals surface area (Å²) in [5.74, 6) is -1.67. The molecule has 37 heavy (non-hydrogen) atoms. The predicted octanol–water partition coefficient (Wildman–Crippen LogP) is 4.17. The Morgan fingerprint density at radius 1 is 1.00 bits per heavy atom. The van der Waals surface area contributed by atoms with Crippen molar-refractivity contribution in [3.63, 3.8) is 0 Å². The number of rotatable bonds is 7. The number of halogens is 7. The van der Waals surface area contributed by atoms with Crippen LogP contribution in [0.4, 0.5) is 26.3 Å². The zero-order valence-corrected chi connectivity index (χ0v) is 19.1. The van der Waals surface area contributed by atoms with Crippen molar-refractivity contribution in [1.82, 2.24) is 34.1 Å². The zero-order valence-electron chi connectivity index (χ0n) is 18.3. The van der Waals surface area contributed by atoms with E-state index in [1.54, 1.807) is 0 Å². The van der Waals surface area contributed by atoms with Gasteiger partial charge in [-0.1, -0.05) is 11.6 Å². The number of alkyl halides is 6. The van der Waals surface area contributed by atoms with E-state index < -0.39 is 54.8 Å². The molecular weight excluding hydrogens is 532 g/mol. The highest BCUT2D eigenvalue weighted by Crippen LogP contribution is 2.32. The first-order valence-corrected chi connectivity index (χ1v) is 10.7. The van der Waals surface area contributed by atoms with Crippen LogP contribution >= 0.6 is 11.6 Å². The minimum atomic E-state index is -4.82. The molecule has 0 spiro atoms. The van der Waals surface area contributed by atoms with E-state index in [2.05, 4.69) is 20.2 Å². The third-order valence-corrected chi connectivity index (χ3v) is 5.26. The summed E-state index contributed by atoms with van der Waals surface area (Å²) in [5.41, 5.74) is -1.85. The fourth-order valence-electron chi connectivity index (χ4n) is 3.39. The summed E-state index contributed by atoms with van der Waals surface area (Å²) in [5, 5.41) is 8.30. The van der Waals surface area contributed by atoms with Crippen molar-refractivity contribution in [1.29, 1.82) is 0 Å². The molecule has 0 bridgehead atoms. The molecule has 0 saturated carbocycles. The fraction of sp³-hybridized carbons (Fsp3) is 0.238. The Morgan fingerprint density at radius 3 is 2.32 bits per heavy atom. The van der Waals surface area contributed by atoms with Gasteiger partial charge in [0, 0.05) is 23.3 Å². The van der Waals surface area contributed by atoms with Crippen LogP contribution in [0.2, 0.25) is 5.02 Å². The molecule has 194 valence electrons. The van der Waals surface area contributed by atoms with Crippen LogP contribution in [0.5, 0.6) is 0 Å². The molecular formula is C21H14ClF6N7O2. The molecule has 4 aromatic rings. The number of hydrogen-bond donors (Lipinski definition) is 0. The summed E-state index contributed by atoms with van der Waals surface area (Å²) in [7, 11) is 0. The molecule has 3 heterocycles. The molecule has 3 aromatic heterocycles. The Hall–Kier alpha value is -4.01. The van der Waals surface area contributed by atoms with Crippen molar-refractivity contribution in [3.05, 3.63) is 75.3 Å². The van der Waals surface area contributed by atoms with E-state index in [0.717, 1.165) is 27.6 Å². The van der Waals surface area contributed by atoms with Gasteiger partial charge in [0.2, 0.25) is 0 Å². The summed E-state index contributed by atoms with van der Waals surface area (Å²) in [4.78, 5) is 31.9. The van der Waals surface area contributed by atoms with E-state index in [0.29, 0.717) is 9.70 Å². The number of nitrogens with zero attached hydrogens (tertiary/aromatic N) is 7. The normalized spacial score (nSPS) is 12.2. The molecule has 0 aliphatic rings. The van der Waals surface area contributed by atoms with Crippen LogP contribution in [0.15, 0.2) is 47.4 Å². The molecule has 1 aromatic carbocycles. The van der Waals surface area contributed by atoms with Crippen molar-refractivity contribution in [2.45, 2.75) is 31.9 Å². The van der Waals surface area contributed by atoms with Gasteiger partial charge in [-0.25, -0.2) is 19.4 Å². The highest BCUT2D eigenvalue weighted by molar-refractivity contribution is 6.30. The third kappa shape index (κ3) is 5.71. The Labute approximate surface area is 207 Å². The third-order valence-electron chi connectivity index (χ3n) is 5.01. The van der Waals surface area contributed by atoms with Crippen molar-refractivity contribution in [2.75, 3.05) is 0 Å². The van der Waals surface area contributed by atoms with Gasteiger partial charge in [0.15, 0.2) is 29.6 Å². The van der Waals surface area contributed by atoms with E-state index in [1.807, 2.05) is 0 Å². The summed E-state index contributed by atoms with van der Waals surface area (Å²) >= 11 is 5.86. The number of pyridine rings is 1. The number of aldehydes is 1. The molecule has 0 amide bonds. The van der Waals surface area contributed by atoms with Crippen molar-refractivity contribution >= 4 is 17.9 Å². The van der Waals surface area contributed by atoms with Gasteiger partial charge in [-0.15, -0.1) is 10.2 Å². The van der Waals surface area contributed by atoms with Gasteiger partial charge in [0.1, 0.15) is 12.1 Å². The van der Waals surface area contributed by atoms with Gasteiger partial charge in [0.25, 0.3) is 0 Å². The number of carbonyl (C=O) groups is 1. The standard InChI is InChI=1S/C21H14ClF6N7O2/c22-13-5-3-12(4-6-13)17-32-34(19(37)33(17)9-7-20(23,24)25)10-15-30-16(11-36)35(31-15)18-14(21(26,27)28)2-1-8-29-18/h1-6,8,11H,7,9-10H2. The Balaban J connectivity index is 1.76. The Morgan fingerprint density at radius 2 is 1.70 bits per heavy atom. The second-order valence-electron chi connectivity index (χ2n) is 7.58. The first-order valence-electron chi connectivity index (χ1n) is 10.3. The topological polar surface area (TPSA) is 100 Å². The average molecular weight is 546 g/mol. The highest BCUT2D eigenvalue weighted by atomic mass is 35.5. The number of carbonyl (C=O) groups excluding carboxylic acids is 1. The first kappa shape index (κ1) is 26.1. The summed E-state index contributed by atoms with van der Waals surface area (Å²) in [6.07, 6.45) is -9.49. The van der Waals surface area contributed by atoms with Gasteiger partial charge < -0.3 is 0 Å². The number of benzene rings is 1. The van der Waals surface area contributed by atoms with Crippen LogP contribution in [-0.4, -0.2) is 46.6 Å². The van der Waals surface area contributed by atoms with E-state index >= 15 is 0 Å². The predicted molar refractivity (Wildman–Crippen MR) is 116 cm³/mol. The summed E-state index contributed by atoms with van der Waals surface area (Å²) in [6.45, 7) is -1.30. The van der Waals surface area contributed by atoms with E-state index in [-0.39, 0.29) is 23.5 Å². The van der Waals surface area contributed by atoms with E-state index in [9.17, 15) is 35.9 Å². The number of aromatic nitrogens is 7. The Kier molecular flexibility index (Phi) is 6.90. The second-order valence-corrected chi connectivity index (χ2v) is 8.01. The largest absolute Gasteiger partial charge is 0.420 e. The SMILES string of the molecule is O=Cc1nc(Cn2nc(-c3ccc(Cl)cc3)n(CCC(F)(F)F)c2=O)nn1-c1ncccc1C(F)(F)F. The molecule has 0 N–H and O–H groups in total. The highest BCUT2D eigenvalue weighted by Gasteiger charge is 2.36. The Bertz CT molecular complexity index is 1490. The quantitative estimate of drug-likeness (QED) is 0.255. The van der Waals surface area contributed by atoms with Crippen LogP contribution in [-0.2, 0) is 19.3 Å². The molecule has 0 atom stereocenters. The van der Waals surface area contributed by atoms with Crippen molar-refractivity contribution < 1.29 is 31.1 Å². The lowest BCUT2D eigenvalue weighted by molar-refractivity contribution is -0.138. The fourth-order valence-corrected chi connectivity index (χ4v) is 3.51. The lowest BCUT2D eigenvalue weighted by Gasteiger charge is -2.11. The van der Waals surface area contributed by atoms with Crippen LogP contribution in [0.1, 0.15) is 28.4 Å². The van der Waals surface area contributed by atoms with Crippen LogP contribution in [0, 0.1) is 0 Å². The average Bonchev–Trinajstić information content (AvgIpc) is 3.38. The maximum atomic E-state index is 13.4. The molecule has 0 fully saturated rings. The lowest BCUT2D eigenvalue weighted by atomic mass is 10.2. The molecule has 9 nitrogen and oxygen atoms in total. The van der Waals surface area contributed by atoms with Crippen LogP contribution in [0.3, 0.4) is 0 Å².